The van der Waals surface area contributed by atoms with Crippen LogP contribution in [0.15, 0.2) is 16.7 Å². The van der Waals surface area contributed by atoms with Crippen LogP contribution in [0.3, 0.4) is 0 Å². The molecular formula is C8H5BrClIN2OS. The van der Waals surface area contributed by atoms with Gasteiger partial charge in [0.1, 0.15) is 10.7 Å². The molecule has 0 bridgehead atoms. The average molecular weight is 419 g/mol. The van der Waals surface area contributed by atoms with Gasteiger partial charge in [0.2, 0.25) is 5.88 Å². The minimum absolute atomic E-state index is 0.573. The molecule has 0 radical (unpaired) electrons. The van der Waals surface area contributed by atoms with E-state index in [0.717, 1.165) is 15.4 Å². The summed E-state index contributed by atoms with van der Waals surface area (Å²) in [7, 11) is 3.08. The number of ether oxygens (including phenoxy) is 1. The Kier molecular flexibility index (Phi) is 3.69. The zero-order valence-electron chi connectivity index (χ0n) is 7.50. The highest BCUT2D eigenvalue weighted by Crippen LogP contribution is 2.38. The second-order valence-corrected chi connectivity index (χ2v) is 5.63. The van der Waals surface area contributed by atoms with E-state index in [1.165, 1.54) is 9.12 Å². The SMILES string of the molecule is COc1ncc(Br)c2cc(Cl)n(SI)c12. The molecule has 0 aliphatic rings. The van der Waals surface area contributed by atoms with Crippen molar-refractivity contribution in [3.05, 3.63) is 21.9 Å². The summed E-state index contributed by atoms with van der Waals surface area (Å²) >= 11 is 11.7. The van der Waals surface area contributed by atoms with E-state index in [1.54, 1.807) is 13.3 Å². The van der Waals surface area contributed by atoms with E-state index in [1.807, 2.05) is 10.0 Å². The van der Waals surface area contributed by atoms with E-state index >= 15 is 0 Å². The fourth-order valence-corrected chi connectivity index (χ4v) is 3.95. The molecule has 0 spiro atoms. The van der Waals surface area contributed by atoms with Crippen LogP contribution in [0, 0.1) is 0 Å². The van der Waals surface area contributed by atoms with Gasteiger partial charge in [0, 0.05) is 46.4 Å². The molecule has 0 saturated carbocycles. The van der Waals surface area contributed by atoms with Gasteiger partial charge in [-0.15, -0.1) is 0 Å². The maximum Gasteiger partial charge on any atom is 0.239 e. The van der Waals surface area contributed by atoms with Crippen LogP contribution in [-0.4, -0.2) is 16.1 Å². The largest absolute Gasteiger partial charge is 0.479 e. The van der Waals surface area contributed by atoms with Gasteiger partial charge in [-0.3, -0.25) is 3.97 Å². The third-order valence-electron chi connectivity index (χ3n) is 1.93. The van der Waals surface area contributed by atoms with Crippen LogP contribution >= 0.6 is 57.9 Å². The van der Waals surface area contributed by atoms with Gasteiger partial charge in [-0.1, -0.05) is 11.6 Å². The molecule has 2 rings (SSSR count). The lowest BCUT2D eigenvalue weighted by Gasteiger charge is -2.05. The lowest BCUT2D eigenvalue weighted by Crippen LogP contribution is -1.92. The normalized spacial score (nSPS) is 10.9. The van der Waals surface area contributed by atoms with Gasteiger partial charge in [0.25, 0.3) is 0 Å². The minimum atomic E-state index is 0.573. The van der Waals surface area contributed by atoms with Crippen molar-refractivity contribution in [2.24, 2.45) is 0 Å². The van der Waals surface area contributed by atoms with Crippen molar-refractivity contribution in [1.29, 1.82) is 0 Å². The number of nitrogens with zero attached hydrogens (tertiary/aromatic N) is 2. The van der Waals surface area contributed by atoms with Crippen LogP contribution in [0.4, 0.5) is 0 Å². The predicted molar refractivity (Wildman–Crippen MR) is 76.0 cm³/mol. The summed E-state index contributed by atoms with van der Waals surface area (Å²) in [5.74, 6) is 0.573. The van der Waals surface area contributed by atoms with E-state index in [2.05, 4.69) is 42.1 Å². The standard InChI is InChI=1S/C8H5BrClIN2OS/c1-14-8-7-4(5(9)3-12-8)2-6(10)13(7)15-11/h2-3H,1H3. The Morgan fingerprint density at radius 3 is 3.00 bits per heavy atom. The first kappa shape index (κ1) is 11.8. The zero-order chi connectivity index (χ0) is 11.0. The predicted octanol–water partition coefficient (Wildman–Crippen LogP) is 4.31. The first-order chi connectivity index (χ1) is 7.19. The molecule has 0 aromatic carbocycles. The molecule has 2 aromatic heterocycles. The van der Waals surface area contributed by atoms with Gasteiger partial charge in [-0.25, -0.2) is 4.98 Å². The van der Waals surface area contributed by atoms with E-state index in [0.29, 0.717) is 11.0 Å². The zero-order valence-corrected chi connectivity index (χ0v) is 12.8. The van der Waals surface area contributed by atoms with Crippen LogP contribution < -0.4 is 4.74 Å². The summed E-state index contributed by atoms with van der Waals surface area (Å²) in [4.78, 5) is 4.18. The Labute approximate surface area is 116 Å². The molecule has 7 heteroatoms. The van der Waals surface area contributed by atoms with E-state index < -0.39 is 0 Å². The highest BCUT2D eigenvalue weighted by atomic mass is 127. The number of hydrogen-bond acceptors (Lipinski definition) is 3. The summed E-state index contributed by atoms with van der Waals surface area (Å²) < 4.78 is 7.99. The lowest BCUT2D eigenvalue weighted by molar-refractivity contribution is 0.402. The maximum atomic E-state index is 6.10. The van der Waals surface area contributed by atoms with Crippen molar-refractivity contribution in [3.8, 4) is 5.88 Å². The number of pyridine rings is 1. The van der Waals surface area contributed by atoms with Crippen LogP contribution in [-0.2, 0) is 0 Å². The number of halogens is 3. The van der Waals surface area contributed by atoms with E-state index in [9.17, 15) is 0 Å². The molecule has 0 atom stereocenters. The molecule has 0 fully saturated rings. The topological polar surface area (TPSA) is 27.1 Å². The fourth-order valence-electron chi connectivity index (χ4n) is 1.31. The maximum absolute atomic E-state index is 6.10. The Balaban J connectivity index is 2.88. The molecule has 0 N–H and O–H groups in total. The average Bonchev–Trinajstić information content (AvgIpc) is 2.56. The molecule has 0 aliphatic heterocycles. The van der Waals surface area contributed by atoms with Gasteiger partial charge in [0.05, 0.1) is 7.11 Å². The smallest absolute Gasteiger partial charge is 0.239 e. The molecule has 0 unspecified atom stereocenters. The van der Waals surface area contributed by atoms with Crippen LogP contribution in [0.5, 0.6) is 5.88 Å². The van der Waals surface area contributed by atoms with Crippen LogP contribution in [0.25, 0.3) is 10.9 Å². The van der Waals surface area contributed by atoms with Crippen LogP contribution in [0.2, 0.25) is 5.15 Å². The fraction of sp³-hybridized carbons (Fsp3) is 0.125. The van der Waals surface area contributed by atoms with Crippen molar-refractivity contribution in [3.63, 3.8) is 0 Å². The number of aromatic nitrogens is 2. The third kappa shape index (κ3) is 1.96. The number of hydrogen-bond donors (Lipinski definition) is 0. The first-order valence-electron chi connectivity index (χ1n) is 3.87. The summed E-state index contributed by atoms with van der Waals surface area (Å²) in [6.45, 7) is 0. The third-order valence-corrected chi connectivity index (χ3v) is 4.64. The molecule has 15 heavy (non-hydrogen) atoms. The van der Waals surface area contributed by atoms with Crippen molar-refractivity contribution < 1.29 is 4.74 Å². The highest BCUT2D eigenvalue weighted by molar-refractivity contribution is 14.2. The Bertz CT molecular complexity index is 519. The Hall–Kier alpha value is 0.340. The lowest BCUT2D eigenvalue weighted by atomic mass is 10.3. The van der Waals surface area contributed by atoms with Crippen LogP contribution in [0.1, 0.15) is 0 Å². The molecule has 0 saturated heterocycles. The van der Waals surface area contributed by atoms with Gasteiger partial charge in [-0.2, -0.15) is 0 Å². The molecular weight excluding hydrogens is 414 g/mol. The quantitative estimate of drug-likeness (QED) is 0.679. The van der Waals surface area contributed by atoms with E-state index in [4.69, 9.17) is 16.3 Å². The number of methoxy groups -OCH3 is 1. The molecule has 0 aliphatic carbocycles. The summed E-state index contributed by atoms with van der Waals surface area (Å²) in [6.07, 6.45) is 1.71. The van der Waals surface area contributed by atoms with Crippen molar-refractivity contribution in [2.75, 3.05) is 7.11 Å². The van der Waals surface area contributed by atoms with Crippen molar-refractivity contribution in [1.82, 2.24) is 8.96 Å². The summed E-state index contributed by atoms with van der Waals surface area (Å²) in [5.41, 5.74) is 0.885. The second-order valence-electron chi connectivity index (χ2n) is 2.71. The van der Waals surface area contributed by atoms with E-state index in [-0.39, 0.29) is 0 Å². The van der Waals surface area contributed by atoms with Gasteiger partial charge >= 0.3 is 0 Å². The van der Waals surface area contributed by atoms with Gasteiger partial charge < -0.3 is 4.74 Å². The number of rotatable bonds is 2. The van der Waals surface area contributed by atoms with Gasteiger partial charge in [0.15, 0.2) is 0 Å². The van der Waals surface area contributed by atoms with Crippen molar-refractivity contribution >= 4 is 68.8 Å². The Morgan fingerprint density at radius 2 is 2.40 bits per heavy atom. The number of fused-ring (bicyclic) bond motifs is 1. The Morgan fingerprint density at radius 1 is 1.67 bits per heavy atom. The molecule has 3 nitrogen and oxygen atoms in total. The molecule has 0 amide bonds. The summed E-state index contributed by atoms with van der Waals surface area (Å²) in [5, 5.41) is 1.65. The first-order valence-corrected chi connectivity index (χ1v) is 8.36. The summed E-state index contributed by atoms with van der Waals surface area (Å²) in [6, 6.07) is 1.89. The van der Waals surface area contributed by atoms with Gasteiger partial charge in [-0.05, 0) is 22.0 Å². The highest BCUT2D eigenvalue weighted by Gasteiger charge is 2.15. The molecule has 2 heterocycles. The minimum Gasteiger partial charge on any atom is -0.479 e. The second kappa shape index (κ2) is 4.68. The molecule has 80 valence electrons. The monoisotopic (exact) mass is 418 g/mol. The van der Waals surface area contributed by atoms with Crippen molar-refractivity contribution in [2.45, 2.75) is 0 Å². The molecule has 2 aromatic rings.